The molecule has 0 saturated carbocycles. The summed E-state index contributed by atoms with van der Waals surface area (Å²) < 4.78 is 5.92. The van der Waals surface area contributed by atoms with E-state index in [4.69, 9.17) is 4.74 Å². The van der Waals surface area contributed by atoms with Crippen molar-refractivity contribution in [2.75, 3.05) is 25.1 Å². The topological polar surface area (TPSA) is 33.3 Å². The molecule has 0 aliphatic heterocycles. The molecule has 1 aromatic carbocycles. The maximum absolute atomic E-state index is 5.92. The van der Waals surface area contributed by atoms with Gasteiger partial charge >= 0.3 is 0 Å². The number of nitrogens with one attached hydrogen (secondary N) is 2. The molecular weight excluding hydrogens is 284 g/mol. The first kappa shape index (κ1) is 19.6. The quantitative estimate of drug-likeness (QED) is 0.610. The van der Waals surface area contributed by atoms with Gasteiger partial charge < -0.3 is 15.4 Å². The SMILES string of the molecule is C=C(NCC(C)COCC(C)(C)CC(C)C)Nc1ccccc1. The molecule has 3 heteroatoms. The molecule has 0 radical (unpaired) electrons. The second-order valence-electron chi connectivity index (χ2n) is 7.73. The van der Waals surface area contributed by atoms with Gasteiger partial charge in [-0.25, -0.2) is 0 Å². The fraction of sp³-hybridized carbons (Fsp3) is 0.600. The van der Waals surface area contributed by atoms with Gasteiger partial charge in [0.05, 0.1) is 19.0 Å². The fourth-order valence-corrected chi connectivity index (χ4v) is 2.80. The molecule has 23 heavy (non-hydrogen) atoms. The highest BCUT2D eigenvalue weighted by molar-refractivity contribution is 5.46. The third-order valence-corrected chi connectivity index (χ3v) is 3.59. The molecule has 0 amide bonds. The second kappa shape index (κ2) is 9.61. The van der Waals surface area contributed by atoms with Crippen LogP contribution in [0.15, 0.2) is 42.7 Å². The third kappa shape index (κ3) is 9.29. The number of hydrogen-bond acceptors (Lipinski definition) is 3. The number of ether oxygens (including phenoxy) is 1. The molecule has 0 aliphatic carbocycles. The predicted octanol–water partition coefficient (Wildman–Crippen LogP) is 4.88. The summed E-state index contributed by atoms with van der Waals surface area (Å²) in [5.41, 5.74) is 1.30. The van der Waals surface area contributed by atoms with E-state index in [1.54, 1.807) is 0 Å². The molecule has 0 fully saturated rings. The first-order chi connectivity index (χ1) is 10.8. The molecule has 130 valence electrons. The van der Waals surface area contributed by atoms with Crippen LogP contribution in [0, 0.1) is 17.3 Å². The zero-order valence-electron chi connectivity index (χ0n) is 15.5. The molecule has 1 aromatic rings. The molecule has 1 unspecified atom stereocenters. The lowest BCUT2D eigenvalue weighted by Crippen LogP contribution is -2.28. The lowest BCUT2D eigenvalue weighted by atomic mass is 9.85. The lowest BCUT2D eigenvalue weighted by Gasteiger charge is -2.27. The van der Waals surface area contributed by atoms with Crippen LogP contribution in [-0.2, 0) is 4.74 Å². The average molecular weight is 319 g/mol. The zero-order chi connectivity index (χ0) is 17.3. The molecule has 1 rings (SSSR count). The molecule has 0 spiro atoms. The number of benzene rings is 1. The smallest absolute Gasteiger partial charge is 0.0957 e. The van der Waals surface area contributed by atoms with Crippen molar-refractivity contribution in [3.63, 3.8) is 0 Å². The molecule has 2 N–H and O–H groups in total. The van der Waals surface area contributed by atoms with E-state index in [-0.39, 0.29) is 5.41 Å². The van der Waals surface area contributed by atoms with Crippen molar-refractivity contribution in [3.05, 3.63) is 42.7 Å². The first-order valence-electron chi connectivity index (χ1n) is 8.61. The van der Waals surface area contributed by atoms with Gasteiger partial charge in [0.1, 0.15) is 0 Å². The van der Waals surface area contributed by atoms with Gasteiger partial charge in [-0.15, -0.1) is 0 Å². The van der Waals surface area contributed by atoms with Gasteiger partial charge in [-0.2, -0.15) is 0 Å². The van der Waals surface area contributed by atoms with Crippen molar-refractivity contribution in [3.8, 4) is 0 Å². The van der Waals surface area contributed by atoms with Crippen LogP contribution < -0.4 is 10.6 Å². The van der Waals surface area contributed by atoms with E-state index in [1.165, 1.54) is 6.42 Å². The largest absolute Gasteiger partial charge is 0.381 e. The lowest BCUT2D eigenvalue weighted by molar-refractivity contribution is 0.0347. The van der Waals surface area contributed by atoms with E-state index in [2.05, 4.69) is 51.8 Å². The third-order valence-electron chi connectivity index (χ3n) is 3.59. The molecular formula is C20H34N2O. The van der Waals surface area contributed by atoms with E-state index in [0.717, 1.165) is 31.3 Å². The van der Waals surface area contributed by atoms with Crippen LogP contribution in [0.3, 0.4) is 0 Å². The van der Waals surface area contributed by atoms with Gasteiger partial charge in [-0.1, -0.05) is 59.4 Å². The Balaban J connectivity index is 2.19. The Labute approximate surface area is 142 Å². The van der Waals surface area contributed by atoms with Crippen molar-refractivity contribution >= 4 is 5.69 Å². The fourth-order valence-electron chi connectivity index (χ4n) is 2.80. The Hall–Kier alpha value is -1.48. The van der Waals surface area contributed by atoms with Crippen molar-refractivity contribution in [2.24, 2.45) is 17.3 Å². The van der Waals surface area contributed by atoms with Gasteiger partial charge in [0.15, 0.2) is 0 Å². The first-order valence-corrected chi connectivity index (χ1v) is 8.61. The number of para-hydroxylation sites is 1. The highest BCUT2D eigenvalue weighted by Gasteiger charge is 2.20. The highest BCUT2D eigenvalue weighted by atomic mass is 16.5. The number of anilines is 1. The van der Waals surface area contributed by atoms with Gasteiger partial charge in [-0.3, -0.25) is 0 Å². The number of rotatable bonds is 11. The summed E-state index contributed by atoms with van der Waals surface area (Å²) in [5, 5.41) is 6.58. The second-order valence-corrected chi connectivity index (χ2v) is 7.73. The minimum atomic E-state index is 0.250. The maximum Gasteiger partial charge on any atom is 0.0957 e. The molecule has 1 atom stereocenters. The molecule has 0 aliphatic rings. The average Bonchev–Trinajstić information content (AvgIpc) is 2.44. The van der Waals surface area contributed by atoms with Crippen LogP contribution in [0.25, 0.3) is 0 Å². The van der Waals surface area contributed by atoms with E-state index in [1.807, 2.05) is 30.3 Å². The predicted molar refractivity (Wildman–Crippen MR) is 100 cm³/mol. The Morgan fingerprint density at radius 1 is 1.17 bits per heavy atom. The molecule has 3 nitrogen and oxygen atoms in total. The number of hydrogen-bond donors (Lipinski definition) is 2. The van der Waals surface area contributed by atoms with Gasteiger partial charge in [0.2, 0.25) is 0 Å². The molecule has 0 saturated heterocycles. The van der Waals surface area contributed by atoms with E-state index in [0.29, 0.717) is 11.8 Å². The molecule has 0 heterocycles. The minimum absolute atomic E-state index is 0.250. The van der Waals surface area contributed by atoms with Gasteiger partial charge in [0.25, 0.3) is 0 Å². The summed E-state index contributed by atoms with van der Waals surface area (Å²) in [4.78, 5) is 0. The van der Waals surface area contributed by atoms with Crippen LogP contribution in [0.2, 0.25) is 0 Å². The van der Waals surface area contributed by atoms with E-state index < -0.39 is 0 Å². The maximum atomic E-state index is 5.92. The zero-order valence-corrected chi connectivity index (χ0v) is 15.5. The normalized spacial score (nSPS) is 13.0. The monoisotopic (exact) mass is 318 g/mol. The standard InChI is InChI=1S/C20H34N2O/c1-16(2)12-20(5,6)15-23-14-17(3)13-21-18(4)22-19-10-8-7-9-11-19/h7-11,16-17,21-22H,4,12-15H2,1-3,5-6H3. The van der Waals surface area contributed by atoms with Crippen LogP contribution in [0.1, 0.15) is 41.0 Å². The summed E-state index contributed by atoms with van der Waals surface area (Å²) in [5.74, 6) is 1.97. The van der Waals surface area contributed by atoms with Crippen LogP contribution in [0.5, 0.6) is 0 Å². The summed E-state index contributed by atoms with van der Waals surface area (Å²) in [6, 6.07) is 10.1. The van der Waals surface area contributed by atoms with Crippen molar-refractivity contribution in [1.82, 2.24) is 5.32 Å². The van der Waals surface area contributed by atoms with E-state index >= 15 is 0 Å². The van der Waals surface area contributed by atoms with Crippen LogP contribution in [-0.4, -0.2) is 19.8 Å². The Morgan fingerprint density at radius 2 is 1.83 bits per heavy atom. The van der Waals surface area contributed by atoms with Crippen LogP contribution >= 0.6 is 0 Å². The van der Waals surface area contributed by atoms with Crippen molar-refractivity contribution < 1.29 is 4.74 Å². The molecule has 0 bridgehead atoms. The van der Waals surface area contributed by atoms with Gasteiger partial charge in [0, 0.05) is 12.2 Å². The molecule has 0 aromatic heterocycles. The summed E-state index contributed by atoms with van der Waals surface area (Å²) >= 11 is 0. The van der Waals surface area contributed by atoms with Crippen molar-refractivity contribution in [2.45, 2.75) is 41.0 Å². The summed E-state index contributed by atoms with van der Waals surface area (Å²) in [6.07, 6.45) is 1.19. The highest BCUT2D eigenvalue weighted by Crippen LogP contribution is 2.25. The Morgan fingerprint density at radius 3 is 2.43 bits per heavy atom. The minimum Gasteiger partial charge on any atom is -0.381 e. The Kier molecular flexibility index (Phi) is 8.18. The van der Waals surface area contributed by atoms with Gasteiger partial charge in [-0.05, 0) is 35.8 Å². The summed E-state index contributed by atoms with van der Waals surface area (Å²) in [6.45, 7) is 17.7. The summed E-state index contributed by atoms with van der Waals surface area (Å²) in [7, 11) is 0. The van der Waals surface area contributed by atoms with Crippen molar-refractivity contribution in [1.29, 1.82) is 0 Å². The Bertz CT molecular complexity index is 454. The van der Waals surface area contributed by atoms with Crippen LogP contribution in [0.4, 0.5) is 5.69 Å². The van der Waals surface area contributed by atoms with E-state index in [9.17, 15) is 0 Å².